The fraction of sp³-hybridized carbons (Fsp3) is 0.684. The van der Waals surface area contributed by atoms with Crippen molar-refractivity contribution in [1.29, 1.82) is 0 Å². The molecular formula is C19H26O4. The van der Waals surface area contributed by atoms with Gasteiger partial charge in [-0.3, -0.25) is 9.59 Å². The van der Waals surface area contributed by atoms with Crippen molar-refractivity contribution in [3.8, 4) is 0 Å². The topological polar surface area (TPSA) is 52.6 Å². The van der Waals surface area contributed by atoms with E-state index < -0.39 is 0 Å². The van der Waals surface area contributed by atoms with Gasteiger partial charge >= 0.3 is 11.9 Å². The van der Waals surface area contributed by atoms with Crippen LogP contribution in [-0.2, 0) is 19.1 Å². The molecule has 0 saturated heterocycles. The van der Waals surface area contributed by atoms with E-state index in [1.165, 1.54) is 0 Å². The standard InChI is InChI=1S/C19H26O4/c20-18(15-6-2-1-3-7-15)22-10-4-5-11-23-19(21)17-13-14-8-9-16(17)12-14/h1-2,8-9,14-17H,3-7,10-13H2/t14-,15+,16-,17-/m0/s1. The highest BCUT2D eigenvalue weighted by atomic mass is 16.5. The summed E-state index contributed by atoms with van der Waals surface area (Å²) in [4.78, 5) is 23.9. The van der Waals surface area contributed by atoms with Crippen molar-refractivity contribution in [3.05, 3.63) is 24.3 Å². The molecule has 0 N–H and O–H groups in total. The predicted molar refractivity (Wildman–Crippen MR) is 86.5 cm³/mol. The second-order valence-corrected chi connectivity index (χ2v) is 6.91. The van der Waals surface area contributed by atoms with Crippen LogP contribution in [0.4, 0.5) is 0 Å². The molecule has 126 valence electrons. The van der Waals surface area contributed by atoms with Crippen LogP contribution in [0.25, 0.3) is 0 Å². The molecule has 3 rings (SSSR count). The first-order valence-electron chi connectivity index (χ1n) is 8.90. The van der Waals surface area contributed by atoms with Crippen LogP contribution >= 0.6 is 0 Å². The monoisotopic (exact) mass is 318 g/mol. The van der Waals surface area contributed by atoms with E-state index in [4.69, 9.17) is 9.47 Å². The molecule has 1 fully saturated rings. The Morgan fingerprint density at radius 3 is 2.35 bits per heavy atom. The van der Waals surface area contributed by atoms with Gasteiger partial charge in [-0.25, -0.2) is 0 Å². The summed E-state index contributed by atoms with van der Waals surface area (Å²) in [6, 6.07) is 0. The zero-order chi connectivity index (χ0) is 16.1. The summed E-state index contributed by atoms with van der Waals surface area (Å²) in [7, 11) is 0. The molecule has 0 unspecified atom stereocenters. The van der Waals surface area contributed by atoms with Crippen LogP contribution < -0.4 is 0 Å². The molecule has 23 heavy (non-hydrogen) atoms. The Morgan fingerprint density at radius 1 is 0.957 bits per heavy atom. The SMILES string of the molecule is O=C(OCCCCOC(=O)[C@H]1C[C@H]2C=C[C@H]1C2)[C@@H]1CC=CCC1. The number of carbonyl (C=O) groups excluding carboxylic acids is 2. The number of unbranched alkanes of at least 4 members (excludes halogenated alkanes) is 1. The number of allylic oxidation sites excluding steroid dienone is 4. The molecule has 3 aliphatic carbocycles. The van der Waals surface area contributed by atoms with Gasteiger partial charge in [0.15, 0.2) is 0 Å². The average Bonchev–Trinajstić information content (AvgIpc) is 3.21. The molecule has 2 bridgehead atoms. The molecule has 0 aliphatic heterocycles. The summed E-state index contributed by atoms with van der Waals surface area (Å²) in [6.45, 7) is 0.855. The lowest BCUT2D eigenvalue weighted by atomic mass is 9.94. The quantitative estimate of drug-likeness (QED) is 0.410. The van der Waals surface area contributed by atoms with Crippen LogP contribution in [0.1, 0.15) is 44.9 Å². The fourth-order valence-corrected chi connectivity index (χ4v) is 3.83. The van der Waals surface area contributed by atoms with Gasteiger partial charge in [0, 0.05) is 0 Å². The van der Waals surface area contributed by atoms with Gasteiger partial charge in [-0.15, -0.1) is 0 Å². The first-order chi connectivity index (χ1) is 11.2. The molecule has 1 saturated carbocycles. The molecule has 0 aromatic carbocycles. The third-order valence-electron chi connectivity index (χ3n) is 5.21. The van der Waals surface area contributed by atoms with E-state index in [1.807, 2.05) is 0 Å². The summed E-state index contributed by atoms with van der Waals surface area (Å²) in [5.41, 5.74) is 0. The lowest BCUT2D eigenvalue weighted by molar-refractivity contribution is -0.151. The van der Waals surface area contributed by atoms with E-state index in [0.717, 1.165) is 44.9 Å². The van der Waals surface area contributed by atoms with Crippen LogP contribution in [0, 0.1) is 23.7 Å². The van der Waals surface area contributed by atoms with E-state index in [0.29, 0.717) is 25.0 Å². The minimum atomic E-state index is -0.0832. The second-order valence-electron chi connectivity index (χ2n) is 6.91. The van der Waals surface area contributed by atoms with Gasteiger partial charge in [0.25, 0.3) is 0 Å². The molecule has 0 spiro atoms. The van der Waals surface area contributed by atoms with Crippen LogP contribution in [0.3, 0.4) is 0 Å². The molecule has 3 aliphatic rings. The van der Waals surface area contributed by atoms with Crippen molar-refractivity contribution in [3.63, 3.8) is 0 Å². The van der Waals surface area contributed by atoms with Gasteiger partial charge in [-0.05, 0) is 56.8 Å². The van der Waals surface area contributed by atoms with Crippen molar-refractivity contribution in [2.24, 2.45) is 23.7 Å². The fourth-order valence-electron chi connectivity index (χ4n) is 3.83. The molecule has 0 heterocycles. The Balaban J connectivity index is 1.23. The Morgan fingerprint density at radius 2 is 1.74 bits per heavy atom. The third kappa shape index (κ3) is 4.24. The van der Waals surface area contributed by atoms with E-state index in [2.05, 4.69) is 24.3 Å². The predicted octanol–water partition coefficient (Wildman–Crippen LogP) is 3.42. The summed E-state index contributed by atoms with van der Waals surface area (Å²) in [5.74, 6) is 0.961. The van der Waals surface area contributed by atoms with Gasteiger partial charge in [0.2, 0.25) is 0 Å². The highest BCUT2D eigenvalue weighted by Crippen LogP contribution is 2.43. The molecule has 0 radical (unpaired) electrons. The van der Waals surface area contributed by atoms with Gasteiger partial charge in [-0.2, -0.15) is 0 Å². The average molecular weight is 318 g/mol. The normalized spacial score (nSPS) is 31.3. The van der Waals surface area contributed by atoms with E-state index >= 15 is 0 Å². The lowest BCUT2D eigenvalue weighted by Gasteiger charge is -2.17. The number of carbonyl (C=O) groups is 2. The van der Waals surface area contributed by atoms with Crippen molar-refractivity contribution < 1.29 is 19.1 Å². The molecule has 4 nitrogen and oxygen atoms in total. The maximum absolute atomic E-state index is 12.0. The van der Waals surface area contributed by atoms with E-state index in [9.17, 15) is 9.59 Å². The lowest BCUT2D eigenvalue weighted by Crippen LogP contribution is -2.22. The summed E-state index contributed by atoms with van der Waals surface area (Å²) in [6.07, 6.45) is 14.8. The van der Waals surface area contributed by atoms with Gasteiger partial charge in [-0.1, -0.05) is 24.3 Å². The highest BCUT2D eigenvalue weighted by molar-refractivity contribution is 5.74. The van der Waals surface area contributed by atoms with Gasteiger partial charge < -0.3 is 9.47 Å². The Bertz CT molecular complexity index is 494. The van der Waals surface area contributed by atoms with Crippen molar-refractivity contribution in [1.82, 2.24) is 0 Å². The Kier molecular flexibility index (Phi) is 5.52. The van der Waals surface area contributed by atoms with E-state index in [1.54, 1.807) is 0 Å². The van der Waals surface area contributed by atoms with Crippen molar-refractivity contribution in [2.45, 2.75) is 44.9 Å². The number of hydrogen-bond donors (Lipinski definition) is 0. The number of fused-ring (bicyclic) bond motifs is 2. The summed E-state index contributed by atoms with van der Waals surface area (Å²) >= 11 is 0. The second kappa shape index (κ2) is 7.80. The summed E-state index contributed by atoms with van der Waals surface area (Å²) < 4.78 is 10.7. The van der Waals surface area contributed by atoms with Crippen LogP contribution in [0.15, 0.2) is 24.3 Å². The van der Waals surface area contributed by atoms with E-state index in [-0.39, 0.29) is 23.8 Å². The van der Waals surface area contributed by atoms with Crippen LogP contribution in [-0.4, -0.2) is 25.2 Å². The maximum Gasteiger partial charge on any atom is 0.309 e. The Hall–Kier alpha value is -1.58. The zero-order valence-corrected chi connectivity index (χ0v) is 13.6. The van der Waals surface area contributed by atoms with Crippen LogP contribution in [0.2, 0.25) is 0 Å². The largest absolute Gasteiger partial charge is 0.465 e. The first kappa shape index (κ1) is 16.3. The van der Waals surface area contributed by atoms with Crippen LogP contribution in [0.5, 0.6) is 0 Å². The molecule has 0 aromatic heterocycles. The van der Waals surface area contributed by atoms with Gasteiger partial charge in [0.05, 0.1) is 25.0 Å². The summed E-state index contributed by atoms with van der Waals surface area (Å²) in [5, 5.41) is 0. The Labute approximate surface area is 137 Å². The molecule has 4 atom stereocenters. The number of esters is 2. The first-order valence-corrected chi connectivity index (χ1v) is 8.90. The highest BCUT2D eigenvalue weighted by Gasteiger charge is 2.40. The maximum atomic E-state index is 12.0. The smallest absolute Gasteiger partial charge is 0.309 e. The molecule has 4 heteroatoms. The van der Waals surface area contributed by atoms with Crippen molar-refractivity contribution in [2.75, 3.05) is 13.2 Å². The molecule has 0 amide bonds. The minimum Gasteiger partial charge on any atom is -0.465 e. The third-order valence-corrected chi connectivity index (χ3v) is 5.21. The molecule has 0 aromatic rings. The minimum absolute atomic E-state index is 0.0312. The number of rotatable bonds is 7. The molecular weight excluding hydrogens is 292 g/mol. The van der Waals surface area contributed by atoms with Crippen molar-refractivity contribution >= 4 is 11.9 Å². The van der Waals surface area contributed by atoms with Gasteiger partial charge in [0.1, 0.15) is 0 Å². The number of ether oxygens (including phenoxy) is 2. The zero-order valence-electron chi connectivity index (χ0n) is 13.6. The number of hydrogen-bond acceptors (Lipinski definition) is 4.